The molecule has 0 spiro atoms. The minimum absolute atomic E-state index is 0.131. The summed E-state index contributed by atoms with van der Waals surface area (Å²) >= 11 is 0. The highest BCUT2D eigenvalue weighted by Crippen LogP contribution is 2.17. The molecule has 1 aliphatic carbocycles. The molecule has 0 radical (unpaired) electrons. The average molecular weight is 201 g/mol. The molecule has 0 aromatic heterocycles. The second kappa shape index (κ2) is 4.36. The van der Waals surface area contributed by atoms with Crippen molar-refractivity contribution in [2.75, 3.05) is 13.2 Å². The van der Waals surface area contributed by atoms with E-state index in [1.165, 1.54) is 0 Å². The number of Topliss-reactive ketones (excluding diaryl/α,β-unsaturated/α-hetero) is 1. The van der Waals surface area contributed by atoms with Gasteiger partial charge in [-0.3, -0.25) is 10.1 Å². The monoisotopic (exact) mass is 201 g/mol. The minimum atomic E-state index is -0.954. The summed E-state index contributed by atoms with van der Waals surface area (Å²) in [5.41, 5.74) is 0. The van der Waals surface area contributed by atoms with Crippen LogP contribution in [-0.4, -0.2) is 37.3 Å². The van der Waals surface area contributed by atoms with Crippen LogP contribution in [0.1, 0.15) is 25.7 Å². The number of rotatable bonds is 2. The van der Waals surface area contributed by atoms with Crippen molar-refractivity contribution in [1.29, 1.82) is 0 Å². The summed E-state index contributed by atoms with van der Waals surface area (Å²) in [6.45, 7) is 0.559. The average Bonchev–Trinajstić information content (AvgIpc) is 2.56. The van der Waals surface area contributed by atoms with E-state index in [0.29, 0.717) is 13.0 Å². The molecule has 1 heterocycles. The zero-order chi connectivity index (χ0) is 9.97. The van der Waals surface area contributed by atoms with Gasteiger partial charge >= 0.3 is 0 Å². The minimum Gasteiger partial charge on any atom is -0.377 e. The molecule has 1 aliphatic heterocycles. The van der Waals surface area contributed by atoms with Crippen LogP contribution in [0, 0.1) is 0 Å². The number of carbonyl (C=O) groups is 1. The fourth-order valence-corrected chi connectivity index (χ4v) is 2.10. The summed E-state index contributed by atoms with van der Waals surface area (Å²) in [5, 5.41) is 3.07. The van der Waals surface area contributed by atoms with Gasteiger partial charge in [0.1, 0.15) is 12.0 Å². The first-order valence-electron chi connectivity index (χ1n) is 5.28. The molecule has 2 fully saturated rings. The number of ketones is 1. The van der Waals surface area contributed by atoms with E-state index in [1.54, 1.807) is 0 Å². The smallest absolute Gasteiger partial charge is 0.149 e. The van der Waals surface area contributed by atoms with Gasteiger partial charge in [-0.25, -0.2) is 4.39 Å². The van der Waals surface area contributed by atoms with Gasteiger partial charge in [-0.15, -0.1) is 0 Å². The standard InChI is InChI=1S/C10H16FNO2/c11-7-5-14-6-9(7)12-8-3-1-2-4-10(8)13/h7-9,12H,1-6H2. The van der Waals surface area contributed by atoms with Gasteiger partial charge in [-0.1, -0.05) is 6.42 Å². The van der Waals surface area contributed by atoms with Crippen LogP contribution >= 0.6 is 0 Å². The SMILES string of the molecule is O=C1CCCCC1NC1COCC1F. The quantitative estimate of drug-likeness (QED) is 0.719. The molecule has 1 N–H and O–H groups in total. The van der Waals surface area contributed by atoms with Crippen LogP contribution in [0.2, 0.25) is 0 Å². The highest BCUT2D eigenvalue weighted by Gasteiger charge is 2.32. The van der Waals surface area contributed by atoms with E-state index < -0.39 is 6.17 Å². The van der Waals surface area contributed by atoms with Crippen LogP contribution in [0.25, 0.3) is 0 Å². The second-order valence-corrected chi connectivity index (χ2v) is 4.09. The molecule has 2 aliphatic rings. The predicted octanol–water partition coefficient (Wildman–Crippen LogP) is 0.825. The molecule has 1 saturated carbocycles. The fraction of sp³-hybridized carbons (Fsp3) is 0.900. The Morgan fingerprint density at radius 2 is 2.21 bits per heavy atom. The zero-order valence-electron chi connectivity index (χ0n) is 8.17. The summed E-state index contributed by atoms with van der Waals surface area (Å²) < 4.78 is 18.2. The van der Waals surface area contributed by atoms with Gasteiger partial charge in [0.2, 0.25) is 0 Å². The van der Waals surface area contributed by atoms with Crippen molar-refractivity contribution in [1.82, 2.24) is 5.32 Å². The van der Waals surface area contributed by atoms with Crippen molar-refractivity contribution >= 4 is 5.78 Å². The molecule has 2 rings (SSSR count). The normalized spacial score (nSPS) is 38.9. The van der Waals surface area contributed by atoms with Crippen LogP contribution in [0.5, 0.6) is 0 Å². The molecule has 0 aromatic carbocycles. The van der Waals surface area contributed by atoms with Crippen molar-refractivity contribution < 1.29 is 13.9 Å². The Morgan fingerprint density at radius 1 is 1.36 bits per heavy atom. The summed E-state index contributed by atoms with van der Waals surface area (Å²) in [7, 11) is 0. The van der Waals surface area contributed by atoms with Crippen LogP contribution < -0.4 is 5.32 Å². The topological polar surface area (TPSA) is 38.3 Å². The third-order valence-electron chi connectivity index (χ3n) is 2.98. The number of hydrogen-bond donors (Lipinski definition) is 1. The first-order chi connectivity index (χ1) is 6.77. The first-order valence-corrected chi connectivity index (χ1v) is 5.28. The second-order valence-electron chi connectivity index (χ2n) is 4.09. The van der Waals surface area contributed by atoms with E-state index in [9.17, 15) is 9.18 Å². The van der Waals surface area contributed by atoms with E-state index in [1.807, 2.05) is 0 Å². The largest absolute Gasteiger partial charge is 0.377 e. The van der Waals surface area contributed by atoms with E-state index in [0.717, 1.165) is 19.3 Å². The lowest BCUT2D eigenvalue weighted by molar-refractivity contribution is -0.122. The number of nitrogens with one attached hydrogen (secondary N) is 1. The van der Waals surface area contributed by atoms with Gasteiger partial charge in [0.25, 0.3) is 0 Å². The van der Waals surface area contributed by atoms with Gasteiger partial charge in [0.15, 0.2) is 0 Å². The molecular formula is C10H16FNO2. The maximum Gasteiger partial charge on any atom is 0.149 e. The third-order valence-corrected chi connectivity index (χ3v) is 2.98. The lowest BCUT2D eigenvalue weighted by Gasteiger charge is -2.25. The molecule has 3 nitrogen and oxygen atoms in total. The first kappa shape index (κ1) is 10.1. The fourth-order valence-electron chi connectivity index (χ4n) is 2.10. The summed E-state index contributed by atoms with van der Waals surface area (Å²) in [6, 6.07) is -0.407. The van der Waals surface area contributed by atoms with E-state index in [4.69, 9.17) is 4.74 Å². The molecule has 1 saturated heterocycles. The summed E-state index contributed by atoms with van der Waals surface area (Å²) in [5.74, 6) is 0.232. The Morgan fingerprint density at radius 3 is 2.86 bits per heavy atom. The summed E-state index contributed by atoms with van der Waals surface area (Å²) in [4.78, 5) is 11.5. The molecule has 0 bridgehead atoms. The zero-order valence-corrected chi connectivity index (χ0v) is 8.17. The Labute approximate surface area is 83.0 Å². The van der Waals surface area contributed by atoms with Gasteiger partial charge in [-0.2, -0.15) is 0 Å². The van der Waals surface area contributed by atoms with Gasteiger partial charge in [0.05, 0.1) is 25.3 Å². The van der Waals surface area contributed by atoms with E-state index in [-0.39, 0.29) is 24.5 Å². The van der Waals surface area contributed by atoms with Gasteiger partial charge in [-0.05, 0) is 12.8 Å². The molecule has 0 aromatic rings. The van der Waals surface area contributed by atoms with Gasteiger partial charge < -0.3 is 4.74 Å². The Balaban J connectivity index is 1.86. The van der Waals surface area contributed by atoms with Crippen LogP contribution in [0.4, 0.5) is 4.39 Å². The van der Waals surface area contributed by atoms with Crippen LogP contribution in [0.15, 0.2) is 0 Å². The Bertz CT molecular complexity index is 222. The lowest BCUT2D eigenvalue weighted by Crippen LogP contribution is -2.48. The maximum absolute atomic E-state index is 13.2. The van der Waals surface area contributed by atoms with Crippen molar-refractivity contribution in [3.63, 3.8) is 0 Å². The van der Waals surface area contributed by atoms with E-state index >= 15 is 0 Å². The third kappa shape index (κ3) is 2.12. The molecule has 80 valence electrons. The number of hydrogen-bond acceptors (Lipinski definition) is 3. The Kier molecular flexibility index (Phi) is 3.13. The number of alkyl halides is 1. The van der Waals surface area contributed by atoms with Crippen LogP contribution in [-0.2, 0) is 9.53 Å². The van der Waals surface area contributed by atoms with Crippen molar-refractivity contribution in [2.24, 2.45) is 0 Å². The molecular weight excluding hydrogens is 185 g/mol. The molecule has 4 heteroatoms. The molecule has 0 amide bonds. The number of ether oxygens (including phenoxy) is 1. The summed E-state index contributed by atoms with van der Waals surface area (Å²) in [6.07, 6.45) is 2.58. The van der Waals surface area contributed by atoms with E-state index in [2.05, 4.69) is 5.32 Å². The van der Waals surface area contributed by atoms with Crippen LogP contribution in [0.3, 0.4) is 0 Å². The van der Waals surface area contributed by atoms with Crippen molar-refractivity contribution in [3.8, 4) is 0 Å². The van der Waals surface area contributed by atoms with Crippen molar-refractivity contribution in [3.05, 3.63) is 0 Å². The highest BCUT2D eigenvalue weighted by molar-refractivity contribution is 5.84. The van der Waals surface area contributed by atoms with Gasteiger partial charge in [0, 0.05) is 6.42 Å². The highest BCUT2D eigenvalue weighted by atomic mass is 19.1. The maximum atomic E-state index is 13.2. The van der Waals surface area contributed by atoms with Crippen molar-refractivity contribution in [2.45, 2.75) is 43.9 Å². The lowest BCUT2D eigenvalue weighted by atomic mass is 9.93. The molecule has 3 atom stereocenters. The number of carbonyl (C=O) groups excluding carboxylic acids is 1. The predicted molar refractivity (Wildman–Crippen MR) is 49.9 cm³/mol. The number of halogens is 1. The Hall–Kier alpha value is -0.480. The molecule has 14 heavy (non-hydrogen) atoms. The molecule has 3 unspecified atom stereocenters.